The van der Waals surface area contributed by atoms with Gasteiger partial charge in [-0.1, -0.05) is 60.7 Å². The van der Waals surface area contributed by atoms with Crippen LogP contribution in [0.2, 0.25) is 0 Å². The van der Waals surface area contributed by atoms with E-state index in [1.165, 1.54) is 53.6 Å². The molecule has 2 heteroatoms. The topological polar surface area (TPSA) is 13.1 Å². The molecule has 2 aromatic heterocycles. The zero-order valence-electron chi connectivity index (χ0n) is 16.1. The van der Waals surface area contributed by atoms with Crippen LogP contribution >= 0.6 is 11.3 Å². The van der Waals surface area contributed by atoms with Crippen LogP contribution in [0.1, 0.15) is 39.0 Å². The van der Waals surface area contributed by atoms with E-state index in [0.29, 0.717) is 11.8 Å². The third-order valence-corrected chi connectivity index (χ3v) is 8.16. The summed E-state index contributed by atoms with van der Waals surface area (Å²) < 4.78 is 7.62. The molecule has 2 heterocycles. The zero-order chi connectivity index (χ0) is 19.4. The SMILES string of the molecule is C1=Cc2c3c(cc4oc5ccccc5c24)C=CC2c4c(sc5ccccc45)C=C1C32. The first-order valence-corrected chi connectivity index (χ1v) is 11.3. The molecule has 2 atom stereocenters. The summed E-state index contributed by atoms with van der Waals surface area (Å²) >= 11 is 1.92. The molecule has 1 nitrogen and oxygen atoms in total. The van der Waals surface area contributed by atoms with Crippen LogP contribution in [0.15, 0.2) is 76.7 Å². The van der Waals surface area contributed by atoms with Crippen molar-refractivity contribution in [3.8, 4) is 0 Å². The minimum absolute atomic E-state index is 0.383. The summed E-state index contributed by atoms with van der Waals surface area (Å²) in [6.45, 7) is 0. The van der Waals surface area contributed by atoms with E-state index in [1.54, 1.807) is 0 Å². The number of allylic oxidation sites excluding steroid dienone is 3. The van der Waals surface area contributed by atoms with Gasteiger partial charge < -0.3 is 4.42 Å². The van der Waals surface area contributed by atoms with Gasteiger partial charge in [-0.3, -0.25) is 0 Å². The molecule has 3 aliphatic rings. The summed E-state index contributed by atoms with van der Waals surface area (Å²) in [4.78, 5) is 1.42. The van der Waals surface area contributed by atoms with Gasteiger partial charge in [0.1, 0.15) is 11.2 Å². The van der Waals surface area contributed by atoms with E-state index in [9.17, 15) is 0 Å². The van der Waals surface area contributed by atoms with E-state index < -0.39 is 0 Å². The normalized spacial score (nSPS) is 20.6. The predicted molar refractivity (Wildman–Crippen MR) is 127 cm³/mol. The molecule has 0 radical (unpaired) electrons. The molecule has 8 rings (SSSR count). The Morgan fingerprint density at radius 2 is 1.67 bits per heavy atom. The molecular weight excluding hydrogens is 384 g/mol. The number of furan rings is 1. The van der Waals surface area contributed by atoms with Crippen molar-refractivity contribution < 1.29 is 4.42 Å². The van der Waals surface area contributed by atoms with Crippen molar-refractivity contribution >= 4 is 61.6 Å². The van der Waals surface area contributed by atoms with Crippen LogP contribution in [0.25, 0.3) is 50.3 Å². The molecule has 0 aliphatic heterocycles. The second kappa shape index (κ2) is 5.21. The number of thiophene rings is 1. The highest BCUT2D eigenvalue weighted by molar-refractivity contribution is 7.20. The summed E-state index contributed by atoms with van der Waals surface area (Å²) in [6, 6.07) is 19.5. The van der Waals surface area contributed by atoms with Gasteiger partial charge >= 0.3 is 0 Å². The van der Waals surface area contributed by atoms with Crippen molar-refractivity contribution in [1.29, 1.82) is 0 Å². The van der Waals surface area contributed by atoms with Crippen LogP contribution in [-0.2, 0) is 0 Å². The van der Waals surface area contributed by atoms with Crippen LogP contribution in [0.4, 0.5) is 0 Å². The predicted octanol–water partition coefficient (Wildman–Crippen LogP) is 8.12. The monoisotopic (exact) mass is 400 g/mol. The first kappa shape index (κ1) is 15.5. The molecule has 3 aliphatic carbocycles. The van der Waals surface area contributed by atoms with Gasteiger partial charge in [-0.25, -0.2) is 0 Å². The van der Waals surface area contributed by atoms with E-state index in [-0.39, 0.29) is 0 Å². The molecule has 2 unspecified atom stereocenters. The van der Waals surface area contributed by atoms with Crippen molar-refractivity contribution in [2.45, 2.75) is 11.8 Å². The molecule has 0 amide bonds. The van der Waals surface area contributed by atoms with Crippen LogP contribution in [-0.4, -0.2) is 0 Å². The smallest absolute Gasteiger partial charge is 0.136 e. The first-order valence-electron chi connectivity index (χ1n) is 10.4. The maximum atomic E-state index is 6.24. The lowest BCUT2D eigenvalue weighted by Gasteiger charge is -2.37. The highest BCUT2D eigenvalue weighted by Gasteiger charge is 2.39. The van der Waals surface area contributed by atoms with Crippen LogP contribution < -0.4 is 0 Å². The maximum absolute atomic E-state index is 6.24. The Morgan fingerprint density at radius 3 is 2.63 bits per heavy atom. The van der Waals surface area contributed by atoms with E-state index in [4.69, 9.17) is 4.42 Å². The minimum Gasteiger partial charge on any atom is -0.456 e. The van der Waals surface area contributed by atoms with Gasteiger partial charge in [0.15, 0.2) is 0 Å². The fourth-order valence-corrected chi connectivity index (χ4v) is 7.08. The fourth-order valence-electron chi connectivity index (χ4n) is 5.85. The van der Waals surface area contributed by atoms with Crippen LogP contribution in [0, 0.1) is 0 Å². The van der Waals surface area contributed by atoms with Gasteiger partial charge in [0.05, 0.1) is 0 Å². The van der Waals surface area contributed by atoms with Crippen molar-refractivity contribution in [3.63, 3.8) is 0 Å². The van der Waals surface area contributed by atoms with Gasteiger partial charge in [-0.05, 0) is 57.5 Å². The zero-order valence-corrected chi connectivity index (χ0v) is 16.9. The molecule has 3 aromatic carbocycles. The largest absolute Gasteiger partial charge is 0.456 e. The number of hydrogen-bond acceptors (Lipinski definition) is 2. The standard InChI is InChI=1S/C28H16OS/c1-3-7-21-17(5-1)27-19-11-10-16-14-24-28(18-6-2-4-8-23(18)30-24)20-12-9-15(13-22(27)29-21)25(19)26(16)20/h1-14,20,26H. The molecule has 0 fully saturated rings. The number of benzene rings is 3. The van der Waals surface area contributed by atoms with E-state index >= 15 is 0 Å². The molecule has 140 valence electrons. The van der Waals surface area contributed by atoms with Crippen molar-refractivity contribution in [3.05, 3.63) is 99.5 Å². The Bertz CT molecular complexity index is 1650. The van der Waals surface area contributed by atoms with Gasteiger partial charge in [-0.2, -0.15) is 0 Å². The molecule has 0 bridgehead atoms. The molecule has 30 heavy (non-hydrogen) atoms. The Kier molecular flexibility index (Phi) is 2.69. The summed E-state index contributed by atoms with van der Waals surface area (Å²) in [5.41, 5.74) is 9.01. The number of para-hydroxylation sites is 1. The molecule has 0 saturated heterocycles. The van der Waals surface area contributed by atoms with Crippen LogP contribution in [0.3, 0.4) is 0 Å². The molecular formula is C28H16OS. The van der Waals surface area contributed by atoms with Crippen LogP contribution in [0.5, 0.6) is 0 Å². The Hall–Kier alpha value is -3.36. The van der Waals surface area contributed by atoms with E-state index in [0.717, 1.165) is 11.2 Å². The Balaban J connectivity index is 1.49. The maximum Gasteiger partial charge on any atom is 0.136 e. The van der Waals surface area contributed by atoms with Gasteiger partial charge in [-0.15, -0.1) is 11.3 Å². The fraction of sp³-hybridized carbons (Fsp3) is 0.0714. The Labute approximate surface area is 177 Å². The Morgan fingerprint density at radius 1 is 0.800 bits per heavy atom. The lowest BCUT2D eigenvalue weighted by molar-refractivity contribution is 0.666. The summed E-state index contributed by atoms with van der Waals surface area (Å²) in [5, 5.41) is 3.89. The molecule has 0 saturated carbocycles. The second-order valence-corrected chi connectivity index (χ2v) is 9.56. The van der Waals surface area contributed by atoms with Crippen molar-refractivity contribution in [2.24, 2.45) is 0 Å². The first-order chi connectivity index (χ1) is 14.9. The van der Waals surface area contributed by atoms with Gasteiger partial charge in [0.2, 0.25) is 0 Å². The van der Waals surface area contributed by atoms with E-state index in [2.05, 4.69) is 78.9 Å². The third kappa shape index (κ3) is 1.75. The highest BCUT2D eigenvalue weighted by Crippen LogP contribution is 2.57. The average molecular weight is 401 g/mol. The summed E-state index contributed by atoms with van der Waals surface area (Å²) in [6.07, 6.45) is 11.8. The van der Waals surface area contributed by atoms with Gasteiger partial charge in [0, 0.05) is 32.2 Å². The summed E-state index contributed by atoms with van der Waals surface area (Å²) in [5.74, 6) is 0.775. The van der Waals surface area contributed by atoms with Gasteiger partial charge in [0.25, 0.3) is 0 Å². The minimum atomic E-state index is 0.383. The van der Waals surface area contributed by atoms with E-state index in [1.807, 2.05) is 17.4 Å². The van der Waals surface area contributed by atoms with Crippen molar-refractivity contribution in [1.82, 2.24) is 0 Å². The lowest BCUT2D eigenvalue weighted by Crippen LogP contribution is -2.21. The second-order valence-electron chi connectivity index (χ2n) is 8.48. The number of fused-ring (bicyclic) bond motifs is 8. The summed E-state index contributed by atoms with van der Waals surface area (Å²) in [7, 11) is 0. The van der Waals surface area contributed by atoms with Crippen molar-refractivity contribution in [2.75, 3.05) is 0 Å². The third-order valence-electron chi connectivity index (χ3n) is 7.03. The molecule has 0 N–H and O–H groups in total. The number of rotatable bonds is 0. The number of hydrogen-bond donors (Lipinski definition) is 0. The quantitative estimate of drug-likeness (QED) is 0.256. The molecule has 5 aromatic rings. The molecule has 0 spiro atoms. The average Bonchev–Trinajstić information content (AvgIpc) is 3.34. The lowest BCUT2D eigenvalue weighted by atomic mass is 9.65. The highest BCUT2D eigenvalue weighted by atomic mass is 32.1.